The van der Waals surface area contributed by atoms with Gasteiger partial charge in [0.05, 0.1) is 0 Å². The number of carbonyl (C=O) groups is 1. The number of nitrogens with one attached hydrogen (secondary N) is 3. The fraction of sp³-hybridized carbons (Fsp3) is 0.417. The molecule has 0 radical (unpaired) electrons. The molecule has 0 bridgehead atoms. The lowest BCUT2D eigenvalue weighted by atomic mass is 10.2. The van der Waals surface area contributed by atoms with Crippen molar-refractivity contribution < 1.29 is 4.79 Å². The molecule has 8 nitrogen and oxygen atoms in total. The number of hydrogen-bond acceptors (Lipinski definition) is 6. The molecule has 0 fully saturated rings. The van der Waals surface area contributed by atoms with Gasteiger partial charge in [-0.3, -0.25) is 15.2 Å². The lowest BCUT2D eigenvalue weighted by molar-refractivity contribution is -0.116. The van der Waals surface area contributed by atoms with Crippen LogP contribution in [0.1, 0.15) is 32.0 Å². The molecule has 0 unspecified atom stereocenters. The van der Waals surface area contributed by atoms with Crippen LogP contribution in [0.5, 0.6) is 0 Å². The molecule has 0 atom stereocenters. The van der Waals surface area contributed by atoms with Crippen LogP contribution in [-0.2, 0) is 4.79 Å². The van der Waals surface area contributed by atoms with Crippen molar-refractivity contribution in [3.05, 3.63) is 24.3 Å². The van der Waals surface area contributed by atoms with Gasteiger partial charge in [-0.2, -0.15) is 4.98 Å². The summed E-state index contributed by atoms with van der Waals surface area (Å²) in [7, 11) is 0. The van der Waals surface area contributed by atoms with Gasteiger partial charge < -0.3 is 5.32 Å². The predicted molar refractivity (Wildman–Crippen MR) is 74.2 cm³/mol. The lowest BCUT2D eigenvalue weighted by Crippen LogP contribution is -2.17. The van der Waals surface area contributed by atoms with Crippen LogP contribution in [0, 0.1) is 0 Å². The van der Waals surface area contributed by atoms with Crippen LogP contribution >= 0.6 is 0 Å². The SMILES string of the molecule is CC(C)c1nc(NC(=O)CCNc2ncccn2)n[nH]1. The first-order valence-electron chi connectivity index (χ1n) is 6.38. The summed E-state index contributed by atoms with van der Waals surface area (Å²) in [5.41, 5.74) is 0. The summed E-state index contributed by atoms with van der Waals surface area (Å²) in [6.07, 6.45) is 3.55. The number of nitrogens with zero attached hydrogens (tertiary/aromatic N) is 4. The number of anilines is 2. The molecule has 2 heterocycles. The molecule has 2 rings (SSSR count). The third-order valence-electron chi connectivity index (χ3n) is 2.50. The average Bonchev–Trinajstić information content (AvgIpc) is 2.88. The van der Waals surface area contributed by atoms with E-state index in [4.69, 9.17) is 0 Å². The Balaban J connectivity index is 1.75. The first-order valence-corrected chi connectivity index (χ1v) is 6.38. The molecule has 2 aromatic heterocycles. The summed E-state index contributed by atoms with van der Waals surface area (Å²) in [5, 5.41) is 12.3. The quantitative estimate of drug-likeness (QED) is 0.730. The number of carbonyl (C=O) groups excluding carboxylic acids is 1. The predicted octanol–water partition coefficient (Wildman–Crippen LogP) is 1.16. The van der Waals surface area contributed by atoms with E-state index in [0.717, 1.165) is 5.82 Å². The number of aromatic amines is 1. The van der Waals surface area contributed by atoms with E-state index in [0.29, 0.717) is 18.4 Å². The highest BCUT2D eigenvalue weighted by atomic mass is 16.1. The highest BCUT2D eigenvalue weighted by Gasteiger charge is 2.09. The third kappa shape index (κ3) is 4.01. The van der Waals surface area contributed by atoms with Gasteiger partial charge in [-0.25, -0.2) is 9.97 Å². The van der Waals surface area contributed by atoms with Crippen molar-refractivity contribution in [2.24, 2.45) is 0 Å². The molecule has 0 aliphatic rings. The third-order valence-corrected chi connectivity index (χ3v) is 2.50. The Morgan fingerprint density at radius 3 is 2.70 bits per heavy atom. The Morgan fingerprint density at radius 1 is 1.30 bits per heavy atom. The molecule has 0 saturated heterocycles. The van der Waals surface area contributed by atoms with E-state index in [9.17, 15) is 4.79 Å². The van der Waals surface area contributed by atoms with Crippen molar-refractivity contribution >= 4 is 17.8 Å². The Kier molecular flexibility index (Phi) is 4.59. The maximum Gasteiger partial charge on any atom is 0.248 e. The van der Waals surface area contributed by atoms with Crippen molar-refractivity contribution in [1.82, 2.24) is 25.1 Å². The molecule has 0 aromatic carbocycles. The fourth-order valence-electron chi connectivity index (χ4n) is 1.45. The minimum absolute atomic E-state index is 0.164. The standard InChI is InChI=1S/C12H17N7O/c1-8(2)10-17-12(19-18-10)16-9(20)4-7-15-11-13-5-3-6-14-11/h3,5-6,8H,4,7H2,1-2H3,(H,13,14,15)(H2,16,17,18,19,20). The van der Waals surface area contributed by atoms with Crippen molar-refractivity contribution in [1.29, 1.82) is 0 Å². The van der Waals surface area contributed by atoms with Crippen LogP contribution in [0.2, 0.25) is 0 Å². The number of H-pyrrole nitrogens is 1. The number of amides is 1. The van der Waals surface area contributed by atoms with Crippen molar-refractivity contribution in [2.75, 3.05) is 17.2 Å². The zero-order valence-electron chi connectivity index (χ0n) is 11.4. The Labute approximate surface area is 116 Å². The maximum absolute atomic E-state index is 11.7. The number of rotatable bonds is 6. The molecule has 0 saturated carbocycles. The summed E-state index contributed by atoms with van der Waals surface area (Å²) >= 11 is 0. The van der Waals surface area contributed by atoms with Crippen LogP contribution in [0.15, 0.2) is 18.5 Å². The summed E-state index contributed by atoms with van der Waals surface area (Å²) in [6.45, 7) is 4.43. The van der Waals surface area contributed by atoms with E-state index in [1.54, 1.807) is 18.5 Å². The minimum atomic E-state index is -0.164. The van der Waals surface area contributed by atoms with Gasteiger partial charge in [0, 0.05) is 31.3 Å². The smallest absolute Gasteiger partial charge is 0.248 e. The van der Waals surface area contributed by atoms with Crippen molar-refractivity contribution in [3.63, 3.8) is 0 Å². The van der Waals surface area contributed by atoms with Gasteiger partial charge in [0.1, 0.15) is 5.82 Å². The summed E-state index contributed by atoms with van der Waals surface area (Å²) in [4.78, 5) is 23.9. The van der Waals surface area contributed by atoms with Gasteiger partial charge in [0.25, 0.3) is 0 Å². The van der Waals surface area contributed by atoms with Crippen LogP contribution in [0.4, 0.5) is 11.9 Å². The highest BCUT2D eigenvalue weighted by Crippen LogP contribution is 2.09. The highest BCUT2D eigenvalue weighted by molar-refractivity contribution is 5.89. The van der Waals surface area contributed by atoms with Crippen molar-refractivity contribution in [3.8, 4) is 0 Å². The van der Waals surface area contributed by atoms with E-state index >= 15 is 0 Å². The second kappa shape index (κ2) is 6.60. The fourth-order valence-corrected chi connectivity index (χ4v) is 1.45. The van der Waals surface area contributed by atoms with Crippen LogP contribution < -0.4 is 10.6 Å². The topological polar surface area (TPSA) is 108 Å². The molecular weight excluding hydrogens is 258 g/mol. The van der Waals surface area contributed by atoms with Gasteiger partial charge in [0.15, 0.2) is 0 Å². The lowest BCUT2D eigenvalue weighted by Gasteiger charge is -2.03. The first kappa shape index (κ1) is 13.9. The van der Waals surface area contributed by atoms with Gasteiger partial charge >= 0.3 is 0 Å². The Morgan fingerprint density at radius 2 is 2.05 bits per heavy atom. The van der Waals surface area contributed by atoms with Gasteiger partial charge in [-0.1, -0.05) is 13.8 Å². The minimum Gasteiger partial charge on any atom is -0.354 e. The average molecular weight is 275 g/mol. The molecule has 3 N–H and O–H groups in total. The van der Waals surface area contributed by atoms with Crippen LogP contribution in [0.3, 0.4) is 0 Å². The molecule has 0 aliphatic heterocycles. The van der Waals surface area contributed by atoms with E-state index in [-0.39, 0.29) is 18.2 Å². The second-order valence-electron chi connectivity index (χ2n) is 4.50. The second-order valence-corrected chi connectivity index (χ2v) is 4.50. The molecule has 8 heteroatoms. The first-order chi connectivity index (χ1) is 9.65. The van der Waals surface area contributed by atoms with Crippen LogP contribution in [-0.4, -0.2) is 37.6 Å². The van der Waals surface area contributed by atoms with Gasteiger partial charge in [-0.15, -0.1) is 5.10 Å². The molecule has 0 aliphatic carbocycles. The van der Waals surface area contributed by atoms with Gasteiger partial charge in [0.2, 0.25) is 17.8 Å². The zero-order valence-corrected chi connectivity index (χ0v) is 11.4. The molecule has 20 heavy (non-hydrogen) atoms. The van der Waals surface area contributed by atoms with Crippen molar-refractivity contribution in [2.45, 2.75) is 26.2 Å². The van der Waals surface area contributed by atoms with E-state index in [2.05, 4.69) is 35.8 Å². The normalized spacial score (nSPS) is 10.6. The summed E-state index contributed by atoms with van der Waals surface area (Å²) in [5.74, 6) is 1.62. The molecule has 1 amide bonds. The monoisotopic (exact) mass is 275 g/mol. The number of aromatic nitrogens is 5. The van der Waals surface area contributed by atoms with E-state index in [1.165, 1.54) is 0 Å². The molecular formula is C12H17N7O. The molecule has 2 aromatic rings. The summed E-state index contributed by atoms with van der Waals surface area (Å²) in [6, 6.07) is 1.73. The summed E-state index contributed by atoms with van der Waals surface area (Å²) < 4.78 is 0. The Hall–Kier alpha value is -2.51. The largest absolute Gasteiger partial charge is 0.354 e. The zero-order chi connectivity index (χ0) is 14.4. The van der Waals surface area contributed by atoms with E-state index < -0.39 is 0 Å². The van der Waals surface area contributed by atoms with Gasteiger partial charge in [-0.05, 0) is 6.07 Å². The molecule has 0 spiro atoms. The number of hydrogen-bond donors (Lipinski definition) is 3. The maximum atomic E-state index is 11.7. The Bertz CT molecular complexity index is 552. The molecule has 106 valence electrons. The van der Waals surface area contributed by atoms with Crippen LogP contribution in [0.25, 0.3) is 0 Å². The van der Waals surface area contributed by atoms with E-state index in [1.807, 2.05) is 13.8 Å².